The van der Waals surface area contributed by atoms with E-state index in [1.54, 1.807) is 0 Å². The van der Waals surface area contributed by atoms with Gasteiger partial charge in [-0.2, -0.15) is 0 Å². The SMILES string of the molecule is C#C.C1=CCCCC1.C=C.c1ccccc1. The van der Waals surface area contributed by atoms with Crippen molar-refractivity contribution in [2.45, 2.75) is 25.7 Å². The fourth-order valence-corrected chi connectivity index (χ4v) is 1.14. The van der Waals surface area contributed by atoms with E-state index in [0.717, 1.165) is 0 Å². The zero-order valence-electron chi connectivity index (χ0n) is 10.0. The van der Waals surface area contributed by atoms with Crippen LogP contribution in [0.1, 0.15) is 25.7 Å². The van der Waals surface area contributed by atoms with Crippen LogP contribution in [0.3, 0.4) is 0 Å². The highest BCUT2D eigenvalue weighted by atomic mass is 13.9. The molecule has 0 heterocycles. The Bertz CT molecular complexity index is 209. The van der Waals surface area contributed by atoms with Crippen LogP contribution in [-0.2, 0) is 0 Å². The highest BCUT2D eigenvalue weighted by Gasteiger charge is 1.87. The van der Waals surface area contributed by atoms with Crippen LogP contribution in [0.2, 0.25) is 0 Å². The van der Waals surface area contributed by atoms with E-state index >= 15 is 0 Å². The van der Waals surface area contributed by atoms with Gasteiger partial charge in [-0.1, -0.05) is 48.6 Å². The molecular formula is C16H22. The Labute approximate surface area is 101 Å². The predicted molar refractivity (Wildman–Crippen MR) is 75.2 cm³/mol. The van der Waals surface area contributed by atoms with Gasteiger partial charge in [-0.05, 0) is 25.7 Å². The van der Waals surface area contributed by atoms with E-state index in [1.807, 2.05) is 36.4 Å². The summed E-state index contributed by atoms with van der Waals surface area (Å²) >= 11 is 0. The molecule has 0 radical (unpaired) electrons. The van der Waals surface area contributed by atoms with Crippen molar-refractivity contribution in [3.63, 3.8) is 0 Å². The van der Waals surface area contributed by atoms with Crippen LogP contribution in [0.5, 0.6) is 0 Å². The molecule has 0 amide bonds. The van der Waals surface area contributed by atoms with Crippen molar-refractivity contribution in [1.82, 2.24) is 0 Å². The third kappa shape index (κ3) is 14.8. The third-order valence-electron chi connectivity index (χ3n) is 1.82. The Morgan fingerprint density at radius 3 is 1.00 bits per heavy atom. The zero-order chi connectivity index (χ0) is 12.5. The van der Waals surface area contributed by atoms with Gasteiger partial charge in [0.05, 0.1) is 0 Å². The first-order valence-electron chi connectivity index (χ1n) is 5.48. The molecule has 0 aromatic heterocycles. The maximum atomic E-state index is 4.00. The fraction of sp³-hybridized carbons (Fsp3) is 0.250. The van der Waals surface area contributed by atoms with Crippen LogP contribution in [0.4, 0.5) is 0 Å². The third-order valence-corrected chi connectivity index (χ3v) is 1.82. The molecule has 0 bridgehead atoms. The van der Waals surface area contributed by atoms with Gasteiger partial charge in [-0.25, -0.2) is 0 Å². The molecule has 0 unspecified atom stereocenters. The minimum absolute atomic E-state index is 1.32. The molecule has 0 fully saturated rings. The van der Waals surface area contributed by atoms with Gasteiger partial charge in [0.15, 0.2) is 0 Å². The molecule has 1 aromatic rings. The second kappa shape index (κ2) is 18.9. The molecule has 0 atom stereocenters. The van der Waals surface area contributed by atoms with Gasteiger partial charge in [0.25, 0.3) is 0 Å². The van der Waals surface area contributed by atoms with E-state index in [0.29, 0.717) is 0 Å². The van der Waals surface area contributed by atoms with E-state index in [-0.39, 0.29) is 0 Å². The maximum absolute atomic E-state index is 4.00. The van der Waals surface area contributed by atoms with Crippen LogP contribution in [0.25, 0.3) is 0 Å². The summed E-state index contributed by atoms with van der Waals surface area (Å²) in [5.41, 5.74) is 0. The first-order valence-corrected chi connectivity index (χ1v) is 5.48. The lowest BCUT2D eigenvalue weighted by Gasteiger charge is -1.97. The van der Waals surface area contributed by atoms with Gasteiger partial charge in [0, 0.05) is 0 Å². The average Bonchev–Trinajstić information content (AvgIpc) is 2.48. The van der Waals surface area contributed by atoms with Gasteiger partial charge in [0.1, 0.15) is 0 Å². The van der Waals surface area contributed by atoms with Gasteiger partial charge in [-0.3, -0.25) is 0 Å². The van der Waals surface area contributed by atoms with Crippen LogP contribution in [0, 0.1) is 12.8 Å². The van der Waals surface area contributed by atoms with Crippen molar-refractivity contribution in [1.29, 1.82) is 0 Å². The first-order chi connectivity index (χ1) is 8.00. The van der Waals surface area contributed by atoms with Crippen LogP contribution < -0.4 is 0 Å². The van der Waals surface area contributed by atoms with E-state index in [2.05, 4.69) is 38.2 Å². The van der Waals surface area contributed by atoms with Crippen LogP contribution in [-0.4, -0.2) is 0 Å². The largest absolute Gasteiger partial charge is 0.124 e. The van der Waals surface area contributed by atoms with Gasteiger partial charge < -0.3 is 0 Å². The summed E-state index contributed by atoms with van der Waals surface area (Å²) in [5.74, 6) is 0. The quantitative estimate of drug-likeness (QED) is 0.427. The topological polar surface area (TPSA) is 0 Å². The molecule has 0 heteroatoms. The molecule has 16 heavy (non-hydrogen) atoms. The number of allylic oxidation sites excluding steroid dienone is 2. The number of hydrogen-bond acceptors (Lipinski definition) is 0. The number of terminal acetylenes is 1. The molecule has 0 saturated carbocycles. The maximum Gasteiger partial charge on any atom is -0.0351 e. The van der Waals surface area contributed by atoms with E-state index in [9.17, 15) is 0 Å². The number of benzene rings is 1. The average molecular weight is 214 g/mol. The molecular weight excluding hydrogens is 192 g/mol. The molecule has 0 aliphatic heterocycles. The summed E-state index contributed by atoms with van der Waals surface area (Å²) in [6, 6.07) is 12.0. The number of hydrogen-bond donors (Lipinski definition) is 0. The molecule has 0 saturated heterocycles. The standard InChI is InChI=1S/C6H10.C6H6.C2H4.C2H2/c2*1-2-4-6-5-3-1;2*1-2/h1-2H,3-6H2;1-6H;1-2H2;1-2H. The van der Waals surface area contributed by atoms with E-state index < -0.39 is 0 Å². The van der Waals surface area contributed by atoms with Crippen molar-refractivity contribution < 1.29 is 0 Å². The first kappa shape index (κ1) is 16.7. The normalized spacial score (nSPS) is 11.4. The summed E-state index contributed by atoms with van der Waals surface area (Å²) in [6.45, 7) is 6.00. The second-order valence-corrected chi connectivity index (χ2v) is 2.91. The lowest BCUT2D eigenvalue weighted by atomic mass is 10.1. The molecule has 1 aliphatic rings. The van der Waals surface area contributed by atoms with Crippen molar-refractivity contribution in [2.24, 2.45) is 0 Å². The van der Waals surface area contributed by atoms with Crippen LogP contribution in [0.15, 0.2) is 61.7 Å². The summed E-state index contributed by atoms with van der Waals surface area (Å²) < 4.78 is 0. The Balaban J connectivity index is 0. The lowest BCUT2D eigenvalue weighted by Crippen LogP contribution is -1.77. The molecule has 0 spiro atoms. The van der Waals surface area contributed by atoms with E-state index in [4.69, 9.17) is 0 Å². The monoisotopic (exact) mass is 214 g/mol. The van der Waals surface area contributed by atoms with Crippen molar-refractivity contribution in [2.75, 3.05) is 0 Å². The Morgan fingerprint density at radius 2 is 0.875 bits per heavy atom. The van der Waals surface area contributed by atoms with Gasteiger partial charge >= 0.3 is 0 Å². The molecule has 1 aliphatic carbocycles. The van der Waals surface area contributed by atoms with Crippen LogP contribution >= 0.6 is 0 Å². The molecule has 2 rings (SSSR count). The zero-order valence-corrected chi connectivity index (χ0v) is 10.0. The number of rotatable bonds is 0. The minimum atomic E-state index is 1.32. The Kier molecular flexibility index (Phi) is 19.7. The Hall–Kier alpha value is -1.74. The van der Waals surface area contributed by atoms with Crippen molar-refractivity contribution in [3.05, 3.63) is 61.7 Å². The lowest BCUT2D eigenvalue weighted by molar-refractivity contribution is 0.730. The molecule has 1 aromatic carbocycles. The highest BCUT2D eigenvalue weighted by molar-refractivity contribution is 4.99. The smallest absolute Gasteiger partial charge is 0.0351 e. The molecule has 0 nitrogen and oxygen atoms in total. The summed E-state index contributed by atoms with van der Waals surface area (Å²) in [4.78, 5) is 0. The predicted octanol–water partition coefficient (Wildman–Crippen LogP) is 4.85. The summed E-state index contributed by atoms with van der Waals surface area (Å²) in [7, 11) is 0. The molecule has 0 N–H and O–H groups in total. The van der Waals surface area contributed by atoms with Crippen molar-refractivity contribution in [3.8, 4) is 12.8 Å². The van der Waals surface area contributed by atoms with Gasteiger partial charge in [-0.15, -0.1) is 26.0 Å². The second-order valence-electron chi connectivity index (χ2n) is 2.91. The summed E-state index contributed by atoms with van der Waals surface area (Å²) in [5, 5.41) is 0. The molecule has 86 valence electrons. The minimum Gasteiger partial charge on any atom is -0.124 e. The fourth-order valence-electron chi connectivity index (χ4n) is 1.14. The van der Waals surface area contributed by atoms with Gasteiger partial charge in [0.2, 0.25) is 0 Å². The highest BCUT2D eigenvalue weighted by Crippen LogP contribution is 2.07. The Morgan fingerprint density at radius 1 is 0.625 bits per heavy atom. The summed E-state index contributed by atoms with van der Waals surface area (Å²) in [6.07, 6.45) is 18.0. The van der Waals surface area contributed by atoms with E-state index in [1.165, 1.54) is 25.7 Å². The van der Waals surface area contributed by atoms with Crippen molar-refractivity contribution >= 4 is 0 Å².